The Bertz CT molecular complexity index is 1210. The van der Waals surface area contributed by atoms with Crippen LogP contribution in [0.4, 0.5) is 11.5 Å². The fourth-order valence-corrected chi connectivity index (χ4v) is 3.77. The molecule has 0 saturated carbocycles. The summed E-state index contributed by atoms with van der Waals surface area (Å²) >= 11 is 0. The van der Waals surface area contributed by atoms with Crippen molar-refractivity contribution in [2.45, 2.75) is 0 Å². The summed E-state index contributed by atoms with van der Waals surface area (Å²) in [4.78, 5) is 0. The third-order valence-electron chi connectivity index (χ3n) is 5.01. The van der Waals surface area contributed by atoms with Crippen LogP contribution in [0.3, 0.4) is 0 Å². The van der Waals surface area contributed by atoms with E-state index in [9.17, 15) is 0 Å². The predicted octanol–water partition coefficient (Wildman–Crippen LogP) is 7.02. The largest absolute Gasteiger partial charge is 0.341 e. The summed E-state index contributed by atoms with van der Waals surface area (Å²) in [5.74, 6) is 1.08. The zero-order valence-corrected chi connectivity index (χ0v) is 15.4. The number of nitrogens with one attached hydrogen (secondary N) is 1. The lowest BCUT2D eigenvalue weighted by Gasteiger charge is -2.11. The number of para-hydroxylation sites is 1. The number of hydrogen-bond acceptors (Lipinski definition) is 1. The molecule has 2 nitrogen and oxygen atoms in total. The van der Waals surface area contributed by atoms with Crippen molar-refractivity contribution in [3.05, 3.63) is 115 Å². The molecule has 0 atom stereocenters. The molecule has 0 amide bonds. The summed E-state index contributed by atoms with van der Waals surface area (Å²) in [5.41, 5.74) is 7.12. The third kappa shape index (κ3) is 2.85. The minimum Gasteiger partial charge on any atom is -0.341 e. The Balaban J connectivity index is 1.85. The molecule has 0 aliphatic rings. The van der Waals surface area contributed by atoms with Gasteiger partial charge in [-0.3, -0.25) is 0 Å². The van der Waals surface area contributed by atoms with Gasteiger partial charge in [0.05, 0.1) is 5.52 Å². The molecular weight excluding hydrogens is 340 g/mol. The molecule has 1 N–H and O–H groups in total. The lowest BCUT2D eigenvalue weighted by molar-refractivity contribution is 1.20. The van der Waals surface area contributed by atoms with Crippen molar-refractivity contribution in [3.63, 3.8) is 0 Å². The van der Waals surface area contributed by atoms with Gasteiger partial charge in [-0.15, -0.1) is 0 Å². The number of rotatable bonds is 4. The van der Waals surface area contributed by atoms with Gasteiger partial charge in [-0.2, -0.15) is 0 Å². The van der Waals surface area contributed by atoms with Crippen LogP contribution in [-0.4, -0.2) is 4.40 Å². The lowest BCUT2D eigenvalue weighted by Crippen LogP contribution is -1.96. The molecule has 5 aromatic rings. The monoisotopic (exact) mass is 360 g/mol. The van der Waals surface area contributed by atoms with Crippen molar-refractivity contribution in [3.8, 4) is 22.3 Å². The zero-order chi connectivity index (χ0) is 18.8. The van der Waals surface area contributed by atoms with Crippen LogP contribution in [0.25, 0.3) is 27.8 Å². The van der Waals surface area contributed by atoms with E-state index in [2.05, 4.69) is 119 Å². The van der Waals surface area contributed by atoms with Gasteiger partial charge in [-0.05, 0) is 35.4 Å². The van der Waals surface area contributed by atoms with Crippen LogP contribution >= 0.6 is 0 Å². The fraction of sp³-hybridized carbons (Fsp3) is 0. The first-order valence-electron chi connectivity index (χ1n) is 9.48. The van der Waals surface area contributed by atoms with Crippen LogP contribution in [0.2, 0.25) is 0 Å². The van der Waals surface area contributed by atoms with E-state index in [-0.39, 0.29) is 0 Å². The fourth-order valence-electron chi connectivity index (χ4n) is 3.77. The highest BCUT2D eigenvalue weighted by Crippen LogP contribution is 2.43. The number of anilines is 2. The normalized spacial score (nSPS) is 10.9. The van der Waals surface area contributed by atoms with E-state index in [1.165, 1.54) is 27.8 Å². The lowest BCUT2D eigenvalue weighted by atomic mass is 9.97. The van der Waals surface area contributed by atoms with Crippen molar-refractivity contribution in [2.24, 2.45) is 0 Å². The first kappa shape index (κ1) is 16.4. The van der Waals surface area contributed by atoms with Gasteiger partial charge < -0.3 is 9.72 Å². The van der Waals surface area contributed by atoms with Gasteiger partial charge in [-0.25, -0.2) is 0 Å². The Morgan fingerprint density at radius 1 is 0.500 bits per heavy atom. The molecule has 134 valence electrons. The van der Waals surface area contributed by atoms with Gasteiger partial charge >= 0.3 is 0 Å². The molecule has 3 aromatic carbocycles. The van der Waals surface area contributed by atoms with E-state index < -0.39 is 0 Å². The number of fused-ring (bicyclic) bond motifs is 1. The minimum atomic E-state index is 1.07. The Labute approximate surface area is 164 Å². The van der Waals surface area contributed by atoms with Gasteiger partial charge in [0.1, 0.15) is 5.82 Å². The SMILES string of the molecule is c1ccc(Nc2c(-c3ccccc3)c(-c3ccccc3)c3ccccn23)cc1. The summed E-state index contributed by atoms with van der Waals surface area (Å²) in [5, 5.41) is 3.67. The Morgan fingerprint density at radius 2 is 1.04 bits per heavy atom. The van der Waals surface area contributed by atoms with Crippen molar-refractivity contribution in [1.29, 1.82) is 0 Å². The summed E-state index contributed by atoms with van der Waals surface area (Å²) in [6.07, 6.45) is 2.12. The number of benzene rings is 3. The zero-order valence-electron chi connectivity index (χ0n) is 15.4. The Kier molecular flexibility index (Phi) is 4.15. The molecule has 0 fully saturated rings. The van der Waals surface area contributed by atoms with Crippen LogP contribution < -0.4 is 5.32 Å². The summed E-state index contributed by atoms with van der Waals surface area (Å²) in [6, 6.07) is 37.9. The highest BCUT2D eigenvalue weighted by atomic mass is 15.1. The van der Waals surface area contributed by atoms with E-state index >= 15 is 0 Å². The summed E-state index contributed by atoms with van der Waals surface area (Å²) < 4.78 is 2.25. The molecule has 2 heteroatoms. The van der Waals surface area contributed by atoms with E-state index in [0.717, 1.165) is 11.5 Å². The first-order valence-corrected chi connectivity index (χ1v) is 9.48. The van der Waals surface area contributed by atoms with Crippen LogP contribution in [0.1, 0.15) is 0 Å². The highest BCUT2D eigenvalue weighted by molar-refractivity contribution is 6.02. The number of nitrogens with zero attached hydrogens (tertiary/aromatic N) is 1. The van der Waals surface area contributed by atoms with Gasteiger partial charge in [0.2, 0.25) is 0 Å². The Hall–Kier alpha value is -3.78. The first-order chi connectivity index (χ1) is 13.9. The number of aromatic nitrogens is 1. The maximum atomic E-state index is 3.67. The minimum absolute atomic E-state index is 1.07. The topological polar surface area (TPSA) is 16.4 Å². The second-order valence-corrected chi connectivity index (χ2v) is 6.78. The van der Waals surface area contributed by atoms with Crippen LogP contribution in [-0.2, 0) is 0 Å². The summed E-state index contributed by atoms with van der Waals surface area (Å²) in [6.45, 7) is 0. The third-order valence-corrected chi connectivity index (χ3v) is 5.01. The number of pyridine rings is 1. The maximum absolute atomic E-state index is 3.67. The second-order valence-electron chi connectivity index (χ2n) is 6.78. The average molecular weight is 360 g/mol. The van der Waals surface area contributed by atoms with Crippen LogP contribution in [0.5, 0.6) is 0 Å². The van der Waals surface area contributed by atoms with Gasteiger partial charge in [0.25, 0.3) is 0 Å². The molecule has 5 rings (SSSR count). The van der Waals surface area contributed by atoms with Gasteiger partial charge in [0, 0.05) is 23.0 Å². The molecule has 0 aliphatic heterocycles. The molecule has 0 bridgehead atoms. The quantitative estimate of drug-likeness (QED) is 0.364. The van der Waals surface area contributed by atoms with E-state index in [1.807, 2.05) is 6.07 Å². The van der Waals surface area contributed by atoms with Crippen molar-refractivity contribution >= 4 is 17.0 Å². The highest BCUT2D eigenvalue weighted by Gasteiger charge is 2.20. The van der Waals surface area contributed by atoms with E-state index in [4.69, 9.17) is 0 Å². The average Bonchev–Trinajstić information content (AvgIpc) is 3.10. The molecule has 0 radical (unpaired) electrons. The molecule has 28 heavy (non-hydrogen) atoms. The predicted molar refractivity (Wildman–Crippen MR) is 118 cm³/mol. The second kappa shape index (κ2) is 7.09. The Morgan fingerprint density at radius 3 is 1.68 bits per heavy atom. The molecule has 0 saturated heterocycles. The molecular formula is C26H20N2. The molecule has 0 aliphatic carbocycles. The summed E-state index contributed by atoms with van der Waals surface area (Å²) in [7, 11) is 0. The molecule has 0 spiro atoms. The standard InChI is InChI=1S/C26H20N2/c1-4-12-20(13-5-1)24-23-18-10-11-19-28(23)26(27-22-16-8-3-9-17-22)25(24)21-14-6-2-7-15-21/h1-19,27H. The smallest absolute Gasteiger partial charge is 0.123 e. The van der Waals surface area contributed by atoms with Crippen molar-refractivity contribution in [2.75, 3.05) is 5.32 Å². The van der Waals surface area contributed by atoms with Crippen molar-refractivity contribution < 1.29 is 0 Å². The van der Waals surface area contributed by atoms with E-state index in [1.54, 1.807) is 0 Å². The van der Waals surface area contributed by atoms with Crippen LogP contribution in [0, 0.1) is 0 Å². The molecule has 2 aromatic heterocycles. The van der Waals surface area contributed by atoms with E-state index in [0.29, 0.717) is 0 Å². The van der Waals surface area contributed by atoms with Crippen molar-refractivity contribution in [1.82, 2.24) is 4.40 Å². The molecule has 0 unspecified atom stereocenters. The van der Waals surface area contributed by atoms with Gasteiger partial charge in [0.15, 0.2) is 0 Å². The van der Waals surface area contributed by atoms with Crippen LogP contribution in [0.15, 0.2) is 115 Å². The maximum Gasteiger partial charge on any atom is 0.123 e. The molecule has 2 heterocycles. The van der Waals surface area contributed by atoms with Gasteiger partial charge in [-0.1, -0.05) is 84.9 Å². The number of hydrogen-bond donors (Lipinski definition) is 1.